The Hall–Kier alpha value is -1.44. The van der Waals surface area contributed by atoms with E-state index in [-0.39, 0.29) is 36.5 Å². The molecule has 1 saturated carbocycles. The number of nitrogens with one attached hydrogen (secondary N) is 1. The number of rotatable bonds is 3. The molecule has 108 valence electrons. The van der Waals surface area contributed by atoms with E-state index in [1.54, 1.807) is 6.07 Å². The van der Waals surface area contributed by atoms with Crippen molar-refractivity contribution in [2.75, 3.05) is 13.2 Å². The summed E-state index contributed by atoms with van der Waals surface area (Å²) >= 11 is 0. The molecule has 1 aliphatic carbocycles. The minimum atomic E-state index is -0.617. The molecule has 0 radical (unpaired) electrons. The highest BCUT2D eigenvalue weighted by Crippen LogP contribution is 2.39. The second-order valence-corrected chi connectivity index (χ2v) is 5.63. The summed E-state index contributed by atoms with van der Waals surface area (Å²) in [6, 6.07) is 1.43. The van der Waals surface area contributed by atoms with Gasteiger partial charge in [0.25, 0.3) is 5.91 Å². The summed E-state index contributed by atoms with van der Waals surface area (Å²) in [5.41, 5.74) is 0.850. The Labute approximate surface area is 115 Å². The Bertz CT molecular complexity index is 527. The van der Waals surface area contributed by atoms with E-state index in [0.717, 1.165) is 18.5 Å². The molecule has 1 aromatic rings. The van der Waals surface area contributed by atoms with Gasteiger partial charge >= 0.3 is 0 Å². The number of carbonyl (C=O) groups is 1. The van der Waals surface area contributed by atoms with Crippen LogP contribution in [0.25, 0.3) is 0 Å². The van der Waals surface area contributed by atoms with Gasteiger partial charge in [-0.2, -0.15) is 0 Å². The number of hydrogen-bond acceptors (Lipinski definition) is 6. The summed E-state index contributed by atoms with van der Waals surface area (Å²) in [6.07, 6.45) is 0.962. The summed E-state index contributed by atoms with van der Waals surface area (Å²) in [4.78, 5) is 12.1. The van der Waals surface area contributed by atoms with Gasteiger partial charge in [-0.3, -0.25) is 4.79 Å². The Morgan fingerprint density at radius 1 is 1.30 bits per heavy atom. The van der Waals surface area contributed by atoms with Crippen molar-refractivity contribution in [3.63, 3.8) is 0 Å². The van der Waals surface area contributed by atoms with Gasteiger partial charge in [-0.25, -0.2) is 0 Å². The molecule has 0 spiro atoms. The molecule has 0 bridgehead atoms. The lowest BCUT2D eigenvalue weighted by Crippen LogP contribution is -2.44. The van der Waals surface area contributed by atoms with Gasteiger partial charge in [0.1, 0.15) is 18.3 Å². The SMILES string of the molecule is O=C(N[C@@H]1CO[C@H]2[C@@H]1OC[C@H]2O)c1cc(C2CC2)no1. The number of ether oxygens (including phenoxy) is 2. The van der Waals surface area contributed by atoms with Crippen LogP contribution >= 0.6 is 0 Å². The monoisotopic (exact) mass is 280 g/mol. The van der Waals surface area contributed by atoms with Crippen LogP contribution < -0.4 is 5.32 Å². The number of aliphatic hydroxyl groups excluding tert-OH is 1. The molecule has 7 nitrogen and oxygen atoms in total. The largest absolute Gasteiger partial charge is 0.388 e. The van der Waals surface area contributed by atoms with Crippen LogP contribution in [0, 0.1) is 0 Å². The quantitative estimate of drug-likeness (QED) is 0.797. The van der Waals surface area contributed by atoms with Crippen LogP contribution in [-0.2, 0) is 9.47 Å². The average Bonchev–Trinajstić information content (AvgIpc) is 2.88. The van der Waals surface area contributed by atoms with Crippen molar-refractivity contribution in [2.24, 2.45) is 0 Å². The van der Waals surface area contributed by atoms with E-state index in [0.29, 0.717) is 12.5 Å². The molecule has 2 N–H and O–H groups in total. The third-order valence-corrected chi connectivity index (χ3v) is 4.09. The van der Waals surface area contributed by atoms with Crippen LogP contribution in [0.5, 0.6) is 0 Å². The van der Waals surface area contributed by atoms with Crippen molar-refractivity contribution in [1.82, 2.24) is 10.5 Å². The molecule has 20 heavy (non-hydrogen) atoms. The van der Waals surface area contributed by atoms with Crippen LogP contribution in [0.2, 0.25) is 0 Å². The van der Waals surface area contributed by atoms with Gasteiger partial charge in [0, 0.05) is 12.0 Å². The maximum Gasteiger partial charge on any atom is 0.290 e. The molecular formula is C13H16N2O5. The zero-order valence-corrected chi connectivity index (χ0v) is 10.8. The van der Waals surface area contributed by atoms with Gasteiger partial charge in [0.2, 0.25) is 5.76 Å². The lowest BCUT2D eigenvalue weighted by molar-refractivity contribution is 0.0178. The Balaban J connectivity index is 1.42. The maximum atomic E-state index is 12.1. The van der Waals surface area contributed by atoms with Crippen LogP contribution in [0.4, 0.5) is 0 Å². The lowest BCUT2D eigenvalue weighted by Gasteiger charge is -2.16. The van der Waals surface area contributed by atoms with E-state index in [1.807, 2.05) is 0 Å². The molecule has 4 atom stereocenters. The first-order chi connectivity index (χ1) is 9.72. The normalized spacial score (nSPS) is 36.0. The van der Waals surface area contributed by atoms with E-state index in [9.17, 15) is 9.90 Å². The number of aliphatic hydroxyl groups is 1. The fraction of sp³-hybridized carbons (Fsp3) is 0.692. The number of aromatic nitrogens is 1. The smallest absolute Gasteiger partial charge is 0.290 e. The molecule has 3 heterocycles. The highest BCUT2D eigenvalue weighted by atomic mass is 16.6. The molecular weight excluding hydrogens is 264 g/mol. The molecule has 4 rings (SSSR count). The molecule has 3 fully saturated rings. The minimum Gasteiger partial charge on any atom is -0.388 e. The molecule has 2 aliphatic heterocycles. The molecule has 1 amide bonds. The van der Waals surface area contributed by atoms with Gasteiger partial charge in [-0.15, -0.1) is 0 Å². The summed E-state index contributed by atoms with van der Waals surface area (Å²) in [6.45, 7) is 0.581. The van der Waals surface area contributed by atoms with Gasteiger partial charge in [0.05, 0.1) is 24.9 Å². The summed E-state index contributed by atoms with van der Waals surface area (Å²) in [5, 5.41) is 16.4. The predicted octanol–water partition coefficient (Wildman–Crippen LogP) is -0.191. The zero-order chi connectivity index (χ0) is 13.7. The number of carbonyl (C=O) groups excluding carboxylic acids is 1. The summed E-state index contributed by atoms with van der Waals surface area (Å²) in [7, 11) is 0. The van der Waals surface area contributed by atoms with Gasteiger partial charge < -0.3 is 24.4 Å². The molecule has 3 aliphatic rings. The van der Waals surface area contributed by atoms with Gasteiger partial charge in [-0.05, 0) is 12.8 Å². The van der Waals surface area contributed by atoms with Crippen molar-refractivity contribution < 1.29 is 23.9 Å². The Kier molecular flexibility index (Phi) is 2.80. The molecule has 0 aromatic carbocycles. The van der Waals surface area contributed by atoms with Crippen molar-refractivity contribution in [3.8, 4) is 0 Å². The van der Waals surface area contributed by atoms with Crippen molar-refractivity contribution in [3.05, 3.63) is 17.5 Å². The summed E-state index contributed by atoms with van der Waals surface area (Å²) < 4.78 is 16.0. The molecule has 7 heteroatoms. The van der Waals surface area contributed by atoms with Gasteiger partial charge in [-0.1, -0.05) is 5.16 Å². The third kappa shape index (κ3) is 2.02. The highest BCUT2D eigenvalue weighted by molar-refractivity contribution is 5.91. The molecule has 2 saturated heterocycles. The van der Waals surface area contributed by atoms with E-state index in [1.165, 1.54) is 0 Å². The third-order valence-electron chi connectivity index (χ3n) is 4.09. The summed E-state index contributed by atoms with van der Waals surface area (Å²) in [5.74, 6) is 0.352. The lowest BCUT2D eigenvalue weighted by atomic mass is 10.1. The van der Waals surface area contributed by atoms with Crippen molar-refractivity contribution >= 4 is 5.91 Å². The highest BCUT2D eigenvalue weighted by Gasteiger charge is 2.47. The second kappa shape index (κ2) is 4.54. The van der Waals surface area contributed by atoms with Gasteiger partial charge in [0.15, 0.2) is 0 Å². The van der Waals surface area contributed by atoms with E-state index >= 15 is 0 Å². The van der Waals surface area contributed by atoms with Crippen LogP contribution in [0.15, 0.2) is 10.6 Å². The fourth-order valence-corrected chi connectivity index (χ4v) is 2.81. The Morgan fingerprint density at radius 2 is 2.10 bits per heavy atom. The number of nitrogens with zero attached hydrogens (tertiary/aromatic N) is 1. The minimum absolute atomic E-state index is 0.217. The fourth-order valence-electron chi connectivity index (χ4n) is 2.81. The maximum absolute atomic E-state index is 12.1. The molecule has 1 aromatic heterocycles. The zero-order valence-electron chi connectivity index (χ0n) is 10.8. The Morgan fingerprint density at radius 3 is 2.90 bits per heavy atom. The number of hydrogen-bond donors (Lipinski definition) is 2. The van der Waals surface area contributed by atoms with E-state index in [4.69, 9.17) is 14.0 Å². The predicted molar refractivity (Wildman–Crippen MR) is 65.2 cm³/mol. The van der Waals surface area contributed by atoms with Crippen molar-refractivity contribution in [2.45, 2.75) is 43.1 Å². The second-order valence-electron chi connectivity index (χ2n) is 5.63. The number of amides is 1. The van der Waals surface area contributed by atoms with E-state index < -0.39 is 6.10 Å². The van der Waals surface area contributed by atoms with Crippen LogP contribution in [0.1, 0.15) is 35.0 Å². The van der Waals surface area contributed by atoms with Crippen LogP contribution in [0.3, 0.4) is 0 Å². The standard InChI is InChI=1S/C13H16N2O5/c16-9-5-19-11-8(4-18-12(9)11)14-13(17)10-3-7(15-20-10)6-1-2-6/h3,6,8-9,11-12,16H,1-2,4-5H2,(H,14,17)/t8-,9-,11-,12-/m1/s1. The van der Waals surface area contributed by atoms with Crippen LogP contribution in [-0.4, -0.2) is 53.7 Å². The number of fused-ring (bicyclic) bond motifs is 1. The molecule has 0 unspecified atom stereocenters. The first kappa shape index (κ1) is 12.3. The van der Waals surface area contributed by atoms with E-state index in [2.05, 4.69) is 10.5 Å². The van der Waals surface area contributed by atoms with Crippen molar-refractivity contribution in [1.29, 1.82) is 0 Å². The first-order valence-electron chi connectivity index (χ1n) is 6.91. The topological polar surface area (TPSA) is 93.8 Å². The first-order valence-corrected chi connectivity index (χ1v) is 6.91. The average molecular weight is 280 g/mol.